The van der Waals surface area contributed by atoms with Crippen LogP contribution in [0.2, 0.25) is 0 Å². The fraction of sp³-hybridized carbons (Fsp3) is 0.500. The summed E-state index contributed by atoms with van der Waals surface area (Å²) in [6, 6.07) is 4.40. The van der Waals surface area contributed by atoms with Crippen LogP contribution in [0, 0.1) is 11.8 Å². The highest BCUT2D eigenvalue weighted by molar-refractivity contribution is 8.00. The Balaban J connectivity index is 2.34. The first-order valence-electron chi connectivity index (χ1n) is 8.54. The Morgan fingerprint density at radius 1 is 1.37 bits per heavy atom. The van der Waals surface area contributed by atoms with Crippen LogP contribution < -0.4 is 10.5 Å². The minimum atomic E-state index is -4.28. The van der Waals surface area contributed by atoms with Gasteiger partial charge in [0.1, 0.15) is 23.8 Å². The number of carbonyl (C=O) groups is 1. The van der Waals surface area contributed by atoms with Crippen LogP contribution in [0.3, 0.4) is 0 Å². The summed E-state index contributed by atoms with van der Waals surface area (Å²) in [7, 11) is -4.28. The summed E-state index contributed by atoms with van der Waals surface area (Å²) in [6.07, 6.45) is 0.729. The lowest BCUT2D eigenvalue weighted by Gasteiger charge is -2.44. The van der Waals surface area contributed by atoms with Gasteiger partial charge in [-0.25, -0.2) is 0 Å². The van der Waals surface area contributed by atoms with Gasteiger partial charge in [-0.1, -0.05) is 16.9 Å². The van der Waals surface area contributed by atoms with E-state index in [2.05, 4.69) is 11.8 Å². The van der Waals surface area contributed by atoms with Crippen molar-refractivity contribution in [2.75, 3.05) is 18.9 Å². The van der Waals surface area contributed by atoms with Gasteiger partial charge in [-0.15, -0.1) is 17.7 Å². The van der Waals surface area contributed by atoms with Crippen LogP contribution in [0.15, 0.2) is 29.2 Å². The molecule has 0 radical (unpaired) electrons. The van der Waals surface area contributed by atoms with Crippen LogP contribution in [0.1, 0.15) is 27.2 Å². The fourth-order valence-electron chi connectivity index (χ4n) is 3.12. The normalized spacial score (nSPS) is 24.5. The molecule has 1 aromatic carbocycles. The molecule has 27 heavy (non-hydrogen) atoms. The van der Waals surface area contributed by atoms with E-state index < -0.39 is 30.8 Å². The summed E-state index contributed by atoms with van der Waals surface area (Å²) >= 11 is 1.41. The topological polar surface area (TPSA) is 107 Å². The lowest BCUT2D eigenvalue weighted by atomic mass is 10.0. The number of nitrogens with two attached hydrogens (primary N) is 1. The molecule has 0 spiro atoms. The van der Waals surface area contributed by atoms with Crippen LogP contribution in [-0.2, 0) is 14.8 Å². The van der Waals surface area contributed by atoms with Gasteiger partial charge < -0.3 is 10.5 Å². The molecule has 1 saturated heterocycles. The van der Waals surface area contributed by atoms with Crippen molar-refractivity contribution in [2.45, 2.75) is 42.9 Å². The second kappa shape index (κ2) is 8.10. The average Bonchev–Trinajstić information content (AvgIpc) is 2.57. The molecule has 1 fully saturated rings. The van der Waals surface area contributed by atoms with Crippen molar-refractivity contribution in [3.05, 3.63) is 24.3 Å². The van der Waals surface area contributed by atoms with Gasteiger partial charge in [-0.05, 0) is 38.1 Å². The number of sulfonamides is 1. The first-order valence-corrected chi connectivity index (χ1v) is 11.0. The third-order valence-electron chi connectivity index (χ3n) is 4.37. The van der Waals surface area contributed by atoms with Gasteiger partial charge in [0.15, 0.2) is 0 Å². The molecule has 1 aliphatic rings. The molecular formula is C18H25N2O5S2+. The predicted octanol–water partition coefficient (Wildman–Crippen LogP) is 1.75. The zero-order valence-electron chi connectivity index (χ0n) is 15.6. The predicted molar refractivity (Wildman–Crippen MR) is 104 cm³/mol. The molecule has 1 aliphatic heterocycles. The Labute approximate surface area is 164 Å². The number of ether oxygens (including phenoxy) is 1. The average molecular weight is 414 g/mol. The maximum Gasteiger partial charge on any atom is 0.357 e. The Bertz CT molecular complexity index is 856. The van der Waals surface area contributed by atoms with Gasteiger partial charge in [0.05, 0.1) is 4.75 Å². The van der Waals surface area contributed by atoms with Gasteiger partial charge in [-0.2, -0.15) is 13.6 Å². The van der Waals surface area contributed by atoms with E-state index in [1.807, 2.05) is 6.92 Å². The third-order valence-corrected chi connectivity index (χ3v) is 7.82. The maximum absolute atomic E-state index is 13.2. The van der Waals surface area contributed by atoms with Crippen LogP contribution in [0.5, 0.6) is 5.75 Å². The zero-order valence-corrected chi connectivity index (χ0v) is 17.3. The Morgan fingerprint density at radius 3 is 2.56 bits per heavy atom. The van der Waals surface area contributed by atoms with Crippen LogP contribution in [0.4, 0.5) is 0 Å². The van der Waals surface area contributed by atoms with Crippen molar-refractivity contribution in [2.24, 2.45) is 5.73 Å². The third kappa shape index (κ3) is 4.24. The van der Waals surface area contributed by atoms with Crippen molar-refractivity contribution in [3.8, 4) is 17.6 Å². The van der Waals surface area contributed by atoms with E-state index in [0.717, 1.165) is 6.42 Å². The Kier molecular flexibility index (Phi) is 6.47. The van der Waals surface area contributed by atoms with Gasteiger partial charge in [0, 0.05) is 12.2 Å². The second-order valence-electron chi connectivity index (χ2n) is 6.68. The summed E-state index contributed by atoms with van der Waals surface area (Å²) in [4.78, 5) is 11.9. The van der Waals surface area contributed by atoms with Crippen molar-refractivity contribution in [3.63, 3.8) is 0 Å². The van der Waals surface area contributed by atoms with Crippen molar-refractivity contribution in [1.29, 1.82) is 0 Å². The quantitative estimate of drug-likeness (QED) is 0.563. The molecule has 0 saturated carbocycles. The highest BCUT2D eigenvalue weighted by Gasteiger charge is 2.61. The molecule has 1 aromatic rings. The van der Waals surface area contributed by atoms with Crippen molar-refractivity contribution in [1.82, 2.24) is 0 Å². The van der Waals surface area contributed by atoms with Gasteiger partial charge >= 0.3 is 10.0 Å². The number of nitrogens with zero attached hydrogens (tertiary/aromatic N) is 1. The summed E-state index contributed by atoms with van der Waals surface area (Å²) in [6.45, 7) is 5.42. The number of carbonyl (C=O) groups excluding carboxylic acids is 1. The largest absolute Gasteiger partial charge is 0.481 e. The Morgan fingerprint density at radius 2 is 2.00 bits per heavy atom. The molecule has 0 aliphatic carbocycles. The lowest BCUT2D eigenvalue weighted by Crippen LogP contribution is -2.70. The van der Waals surface area contributed by atoms with Crippen LogP contribution in [-0.4, -0.2) is 53.3 Å². The zero-order chi connectivity index (χ0) is 20.3. The minimum Gasteiger partial charge on any atom is -0.481 e. The van der Waals surface area contributed by atoms with E-state index in [-0.39, 0.29) is 18.0 Å². The van der Waals surface area contributed by atoms with Gasteiger partial charge in [0.2, 0.25) is 6.04 Å². The molecule has 0 aromatic heterocycles. The van der Waals surface area contributed by atoms with E-state index in [0.29, 0.717) is 11.5 Å². The van der Waals surface area contributed by atoms with Crippen LogP contribution >= 0.6 is 11.8 Å². The summed E-state index contributed by atoms with van der Waals surface area (Å²) in [5.74, 6) is 5.69. The van der Waals surface area contributed by atoms with E-state index in [4.69, 9.17) is 10.5 Å². The molecule has 2 atom stereocenters. The summed E-state index contributed by atoms with van der Waals surface area (Å²) < 4.78 is 29.5. The first kappa shape index (κ1) is 21.6. The molecule has 3 N–H and O–H groups in total. The van der Waals surface area contributed by atoms with E-state index >= 15 is 0 Å². The fourth-order valence-corrected chi connectivity index (χ4v) is 6.47. The first-order chi connectivity index (χ1) is 12.6. The number of amides is 1. The van der Waals surface area contributed by atoms with Gasteiger partial charge in [0.25, 0.3) is 5.91 Å². The number of quaternary nitrogens is 1. The number of rotatable bonds is 5. The number of hydroxylamine groups is 2. The van der Waals surface area contributed by atoms with Gasteiger partial charge in [-0.3, -0.25) is 4.79 Å². The van der Waals surface area contributed by atoms with Crippen molar-refractivity contribution < 1.29 is 27.2 Å². The number of benzene rings is 1. The van der Waals surface area contributed by atoms with E-state index in [1.165, 1.54) is 36.0 Å². The molecule has 9 heteroatoms. The lowest BCUT2D eigenvalue weighted by molar-refractivity contribution is -1.01. The Hall–Kier alpha value is -1.73. The number of hydrogen-bond donors (Lipinski definition) is 2. The molecule has 1 amide bonds. The summed E-state index contributed by atoms with van der Waals surface area (Å²) in [5.41, 5.74) is 5.47. The standard InChI is InChI=1S/C18H24N2O5S2/c1-4-5-6-12-25-14-7-9-15(10-8-14)27(23,24)20(22)11-13-26-18(2,3)16(20)17(19)21/h7-10,16,22H,4,11-13H2,1-3H3,(H-,19,21)/p+1/t16-,20?/m0/s1. The minimum absolute atomic E-state index is 0.106. The SMILES string of the molecule is CCC#CCOc1ccc(S(=O)(=O)[N+]2(O)CCSC(C)(C)[C@@H]2C(N)=O)cc1. The smallest absolute Gasteiger partial charge is 0.357 e. The molecule has 1 unspecified atom stereocenters. The number of hydrogen-bond acceptors (Lipinski definition) is 6. The number of primary amides is 1. The number of thioether (sulfide) groups is 1. The molecule has 1 heterocycles. The van der Waals surface area contributed by atoms with Crippen molar-refractivity contribution >= 4 is 27.7 Å². The molecule has 2 rings (SSSR count). The van der Waals surface area contributed by atoms with E-state index in [9.17, 15) is 18.4 Å². The van der Waals surface area contributed by atoms with E-state index in [1.54, 1.807) is 13.8 Å². The molecule has 7 nitrogen and oxygen atoms in total. The maximum atomic E-state index is 13.2. The highest BCUT2D eigenvalue weighted by atomic mass is 32.2. The van der Waals surface area contributed by atoms with Crippen LogP contribution in [0.25, 0.3) is 0 Å². The monoisotopic (exact) mass is 413 g/mol. The summed E-state index contributed by atoms with van der Waals surface area (Å²) in [5, 5.41) is 11.1. The molecule has 0 bridgehead atoms. The highest BCUT2D eigenvalue weighted by Crippen LogP contribution is 2.42. The molecular weight excluding hydrogens is 388 g/mol. The molecule has 148 valence electrons. The second-order valence-corrected chi connectivity index (χ2v) is 10.5.